The van der Waals surface area contributed by atoms with Gasteiger partial charge in [-0.1, -0.05) is 0 Å². The fourth-order valence-corrected chi connectivity index (χ4v) is 1.62. The Bertz CT molecular complexity index is 594. The van der Waals surface area contributed by atoms with Crippen LogP contribution in [-0.2, 0) is 0 Å². The number of nitrogens with one attached hydrogen (secondary N) is 2. The summed E-state index contributed by atoms with van der Waals surface area (Å²) in [5.41, 5.74) is 1.46. The Labute approximate surface area is 109 Å². The third-order valence-electron chi connectivity index (χ3n) is 2.39. The van der Waals surface area contributed by atoms with Crippen molar-refractivity contribution in [2.24, 2.45) is 0 Å². The molecule has 7 heteroatoms. The molecule has 0 saturated heterocycles. The SMILES string of the molecule is CCNc1cc(Oc2cc(C)[nH]n2)cc([N+](=O)[O-])c1. The molecule has 100 valence electrons. The van der Waals surface area contributed by atoms with Gasteiger partial charge in [-0.05, 0) is 13.8 Å². The topological polar surface area (TPSA) is 93.1 Å². The van der Waals surface area contributed by atoms with Gasteiger partial charge in [-0.3, -0.25) is 15.2 Å². The van der Waals surface area contributed by atoms with Gasteiger partial charge < -0.3 is 10.1 Å². The van der Waals surface area contributed by atoms with E-state index in [4.69, 9.17) is 4.74 Å². The van der Waals surface area contributed by atoms with Crippen molar-refractivity contribution in [1.29, 1.82) is 0 Å². The van der Waals surface area contributed by atoms with Gasteiger partial charge >= 0.3 is 0 Å². The molecule has 0 aliphatic carbocycles. The number of nitro groups is 1. The van der Waals surface area contributed by atoms with Crippen LogP contribution >= 0.6 is 0 Å². The fourth-order valence-electron chi connectivity index (χ4n) is 1.62. The number of aromatic amines is 1. The van der Waals surface area contributed by atoms with E-state index in [0.717, 1.165) is 5.69 Å². The van der Waals surface area contributed by atoms with Crippen LogP contribution in [0.15, 0.2) is 24.3 Å². The Hall–Kier alpha value is -2.57. The molecule has 1 heterocycles. The van der Waals surface area contributed by atoms with Crippen molar-refractivity contribution in [3.63, 3.8) is 0 Å². The number of nitro benzene ring substituents is 1. The van der Waals surface area contributed by atoms with Gasteiger partial charge in [0.05, 0.1) is 11.0 Å². The lowest BCUT2D eigenvalue weighted by atomic mass is 10.2. The summed E-state index contributed by atoms with van der Waals surface area (Å²) in [5.74, 6) is 0.747. The minimum absolute atomic E-state index is 0.0271. The molecule has 2 aromatic rings. The number of aromatic nitrogens is 2. The minimum atomic E-state index is -0.455. The quantitative estimate of drug-likeness (QED) is 0.638. The summed E-state index contributed by atoms with van der Waals surface area (Å²) in [7, 11) is 0. The number of non-ortho nitro benzene ring substituents is 1. The van der Waals surface area contributed by atoms with Crippen molar-refractivity contribution in [3.8, 4) is 11.6 Å². The molecule has 2 N–H and O–H groups in total. The molecule has 0 unspecified atom stereocenters. The highest BCUT2D eigenvalue weighted by Gasteiger charge is 2.11. The van der Waals surface area contributed by atoms with Crippen LogP contribution in [0.3, 0.4) is 0 Å². The van der Waals surface area contributed by atoms with Gasteiger partial charge in [0.25, 0.3) is 5.69 Å². The molecule has 0 radical (unpaired) electrons. The lowest BCUT2D eigenvalue weighted by Crippen LogP contribution is -1.98. The van der Waals surface area contributed by atoms with Crippen molar-refractivity contribution in [2.75, 3.05) is 11.9 Å². The summed E-state index contributed by atoms with van der Waals surface area (Å²) in [6, 6.07) is 6.24. The summed E-state index contributed by atoms with van der Waals surface area (Å²) in [6.45, 7) is 4.43. The molecule has 0 aliphatic rings. The fraction of sp³-hybridized carbons (Fsp3) is 0.250. The summed E-state index contributed by atoms with van der Waals surface area (Å²) in [4.78, 5) is 10.4. The molecule has 0 amide bonds. The second-order valence-electron chi connectivity index (χ2n) is 3.99. The molecule has 0 bridgehead atoms. The number of anilines is 1. The first kappa shape index (κ1) is 12.9. The largest absolute Gasteiger partial charge is 0.437 e. The molecular weight excluding hydrogens is 248 g/mol. The lowest BCUT2D eigenvalue weighted by Gasteiger charge is -2.06. The van der Waals surface area contributed by atoms with Crippen LogP contribution in [0.2, 0.25) is 0 Å². The molecule has 2 rings (SSSR count). The maximum atomic E-state index is 10.9. The van der Waals surface area contributed by atoms with Crippen LogP contribution in [0.25, 0.3) is 0 Å². The van der Waals surface area contributed by atoms with E-state index < -0.39 is 4.92 Å². The van der Waals surface area contributed by atoms with Crippen molar-refractivity contribution in [3.05, 3.63) is 40.1 Å². The lowest BCUT2D eigenvalue weighted by molar-refractivity contribution is -0.384. The smallest absolute Gasteiger partial charge is 0.275 e. The average molecular weight is 262 g/mol. The second kappa shape index (κ2) is 5.38. The number of H-pyrrole nitrogens is 1. The van der Waals surface area contributed by atoms with Gasteiger partial charge in [-0.25, -0.2) is 0 Å². The van der Waals surface area contributed by atoms with Crippen LogP contribution < -0.4 is 10.1 Å². The van der Waals surface area contributed by atoms with E-state index in [1.807, 2.05) is 13.8 Å². The van der Waals surface area contributed by atoms with Gasteiger partial charge in [-0.2, -0.15) is 0 Å². The Kier molecular flexibility index (Phi) is 3.65. The van der Waals surface area contributed by atoms with Gasteiger partial charge in [0.15, 0.2) is 0 Å². The van der Waals surface area contributed by atoms with Crippen molar-refractivity contribution in [2.45, 2.75) is 13.8 Å². The summed E-state index contributed by atoms with van der Waals surface area (Å²) < 4.78 is 5.49. The molecule has 0 fully saturated rings. The van der Waals surface area contributed by atoms with Gasteiger partial charge in [0.1, 0.15) is 5.75 Å². The Morgan fingerprint density at radius 2 is 2.21 bits per heavy atom. The monoisotopic (exact) mass is 262 g/mol. The van der Waals surface area contributed by atoms with E-state index in [9.17, 15) is 10.1 Å². The van der Waals surface area contributed by atoms with Crippen LogP contribution in [0.1, 0.15) is 12.6 Å². The summed E-state index contributed by atoms with van der Waals surface area (Å²) >= 11 is 0. The highest BCUT2D eigenvalue weighted by atomic mass is 16.6. The zero-order valence-corrected chi connectivity index (χ0v) is 10.6. The van der Waals surface area contributed by atoms with Crippen LogP contribution in [0, 0.1) is 17.0 Å². The molecule has 0 aliphatic heterocycles. The number of nitrogens with zero attached hydrogens (tertiary/aromatic N) is 2. The minimum Gasteiger partial charge on any atom is -0.437 e. The van der Waals surface area contributed by atoms with E-state index in [1.165, 1.54) is 12.1 Å². The van der Waals surface area contributed by atoms with Gasteiger partial charge in [0.2, 0.25) is 5.88 Å². The predicted molar refractivity (Wildman–Crippen MR) is 70.7 cm³/mol. The van der Waals surface area contributed by atoms with Crippen molar-refractivity contribution < 1.29 is 9.66 Å². The number of hydrogen-bond acceptors (Lipinski definition) is 5. The molecule has 0 saturated carbocycles. The van der Waals surface area contributed by atoms with Crippen LogP contribution in [0.5, 0.6) is 11.6 Å². The predicted octanol–water partition coefficient (Wildman–Crippen LogP) is 2.85. The molecule has 19 heavy (non-hydrogen) atoms. The molecular formula is C12H14N4O3. The second-order valence-corrected chi connectivity index (χ2v) is 3.99. The first-order chi connectivity index (χ1) is 9.08. The third kappa shape index (κ3) is 3.21. The zero-order chi connectivity index (χ0) is 13.8. The van der Waals surface area contributed by atoms with E-state index in [2.05, 4.69) is 15.5 Å². The van der Waals surface area contributed by atoms with E-state index in [-0.39, 0.29) is 5.69 Å². The Balaban J connectivity index is 2.30. The number of rotatable bonds is 5. The molecule has 1 aromatic heterocycles. The van der Waals surface area contributed by atoms with Crippen LogP contribution in [0.4, 0.5) is 11.4 Å². The third-order valence-corrected chi connectivity index (χ3v) is 2.39. The maximum absolute atomic E-state index is 10.9. The van der Waals surface area contributed by atoms with Crippen molar-refractivity contribution in [1.82, 2.24) is 10.2 Å². The highest BCUT2D eigenvalue weighted by molar-refractivity contribution is 5.56. The standard InChI is InChI=1S/C12H14N4O3/c1-3-13-9-5-10(16(17)18)7-11(6-9)19-12-4-8(2)14-15-12/h4-7,13H,3H2,1-2H3,(H,14,15). The zero-order valence-electron chi connectivity index (χ0n) is 10.6. The number of ether oxygens (including phenoxy) is 1. The molecule has 7 nitrogen and oxygen atoms in total. The normalized spacial score (nSPS) is 10.2. The first-order valence-corrected chi connectivity index (χ1v) is 5.81. The van der Waals surface area contributed by atoms with Gasteiger partial charge in [0, 0.05) is 36.1 Å². The van der Waals surface area contributed by atoms with E-state index in [1.54, 1.807) is 12.1 Å². The van der Waals surface area contributed by atoms with E-state index >= 15 is 0 Å². The maximum Gasteiger partial charge on any atom is 0.275 e. The molecule has 0 atom stereocenters. The number of benzene rings is 1. The molecule has 0 spiro atoms. The van der Waals surface area contributed by atoms with Crippen molar-refractivity contribution >= 4 is 11.4 Å². The number of aryl methyl sites for hydroxylation is 1. The first-order valence-electron chi connectivity index (χ1n) is 5.81. The summed E-state index contributed by atoms with van der Waals surface area (Å²) in [6.07, 6.45) is 0. The van der Waals surface area contributed by atoms with E-state index in [0.29, 0.717) is 23.9 Å². The molecule has 1 aromatic carbocycles. The highest BCUT2D eigenvalue weighted by Crippen LogP contribution is 2.29. The Morgan fingerprint density at radius 1 is 1.42 bits per heavy atom. The number of hydrogen-bond donors (Lipinski definition) is 2. The average Bonchev–Trinajstić information content (AvgIpc) is 2.75. The van der Waals surface area contributed by atoms with Crippen LogP contribution in [-0.4, -0.2) is 21.7 Å². The summed E-state index contributed by atoms with van der Waals surface area (Å²) in [5, 5.41) is 20.6. The Morgan fingerprint density at radius 3 is 2.79 bits per heavy atom. The van der Waals surface area contributed by atoms with Gasteiger partial charge in [-0.15, -0.1) is 5.10 Å².